The average molecular weight is 236 g/mol. The van der Waals surface area contributed by atoms with Crippen molar-refractivity contribution in [1.82, 2.24) is 4.98 Å². The van der Waals surface area contributed by atoms with E-state index in [2.05, 4.69) is 24.0 Å². The Morgan fingerprint density at radius 1 is 1.59 bits per heavy atom. The third-order valence-electron chi connectivity index (χ3n) is 2.57. The van der Waals surface area contributed by atoms with Gasteiger partial charge < -0.3 is 15.8 Å². The maximum Gasteiger partial charge on any atom is 0.173 e. The van der Waals surface area contributed by atoms with Crippen molar-refractivity contribution in [3.8, 4) is 0 Å². The molecule has 1 aromatic rings. The number of nitrogens with two attached hydrogens (primary N) is 1. The lowest BCUT2D eigenvalue weighted by atomic mass is 10.1. The number of nitrogens with zero attached hydrogens (tertiary/aromatic N) is 3. The van der Waals surface area contributed by atoms with E-state index in [0.29, 0.717) is 11.5 Å². The van der Waals surface area contributed by atoms with E-state index in [0.717, 1.165) is 18.8 Å². The van der Waals surface area contributed by atoms with E-state index in [1.54, 1.807) is 18.3 Å². The van der Waals surface area contributed by atoms with Gasteiger partial charge in [-0.3, -0.25) is 0 Å². The van der Waals surface area contributed by atoms with Gasteiger partial charge in [0.05, 0.1) is 5.56 Å². The average Bonchev–Trinajstić information content (AvgIpc) is 2.34. The SMILES string of the molecule is CC(C)CCN(C)c1ncccc1C(N)=NO. The van der Waals surface area contributed by atoms with E-state index in [1.807, 2.05) is 11.9 Å². The van der Waals surface area contributed by atoms with Crippen LogP contribution in [-0.4, -0.2) is 29.6 Å². The van der Waals surface area contributed by atoms with Crippen LogP contribution in [0.1, 0.15) is 25.8 Å². The molecule has 0 aliphatic rings. The summed E-state index contributed by atoms with van der Waals surface area (Å²) in [4.78, 5) is 6.30. The molecule has 5 heteroatoms. The lowest BCUT2D eigenvalue weighted by molar-refractivity contribution is 0.318. The summed E-state index contributed by atoms with van der Waals surface area (Å²) in [7, 11) is 1.96. The van der Waals surface area contributed by atoms with Crippen molar-refractivity contribution in [3.05, 3.63) is 23.9 Å². The minimum absolute atomic E-state index is 0.0875. The lowest BCUT2D eigenvalue weighted by Gasteiger charge is -2.21. The van der Waals surface area contributed by atoms with Gasteiger partial charge in [-0.2, -0.15) is 0 Å². The Morgan fingerprint density at radius 3 is 2.88 bits per heavy atom. The second kappa shape index (κ2) is 6.08. The minimum atomic E-state index is 0.0875. The van der Waals surface area contributed by atoms with E-state index in [1.165, 1.54) is 0 Å². The molecule has 0 unspecified atom stereocenters. The summed E-state index contributed by atoms with van der Waals surface area (Å²) in [6.45, 7) is 5.24. The predicted molar refractivity (Wildman–Crippen MR) is 69.5 cm³/mol. The summed E-state index contributed by atoms with van der Waals surface area (Å²) >= 11 is 0. The van der Waals surface area contributed by atoms with Crippen molar-refractivity contribution in [2.75, 3.05) is 18.5 Å². The summed E-state index contributed by atoms with van der Waals surface area (Å²) in [6.07, 6.45) is 2.78. The molecule has 0 saturated carbocycles. The summed E-state index contributed by atoms with van der Waals surface area (Å²) in [6, 6.07) is 3.57. The van der Waals surface area contributed by atoms with Gasteiger partial charge in [0, 0.05) is 19.8 Å². The fraction of sp³-hybridized carbons (Fsp3) is 0.500. The third-order valence-corrected chi connectivity index (χ3v) is 2.57. The van der Waals surface area contributed by atoms with Gasteiger partial charge in [-0.05, 0) is 24.5 Å². The highest BCUT2D eigenvalue weighted by atomic mass is 16.4. The number of oxime groups is 1. The van der Waals surface area contributed by atoms with Crippen LogP contribution < -0.4 is 10.6 Å². The zero-order chi connectivity index (χ0) is 12.8. The Morgan fingerprint density at radius 2 is 2.29 bits per heavy atom. The van der Waals surface area contributed by atoms with E-state index < -0.39 is 0 Å². The number of hydrogen-bond donors (Lipinski definition) is 2. The molecule has 0 saturated heterocycles. The molecule has 1 heterocycles. The van der Waals surface area contributed by atoms with Crippen LogP contribution in [0.2, 0.25) is 0 Å². The normalized spacial score (nSPS) is 11.9. The minimum Gasteiger partial charge on any atom is -0.409 e. The van der Waals surface area contributed by atoms with Crippen LogP contribution in [0, 0.1) is 5.92 Å². The Labute approximate surface area is 102 Å². The van der Waals surface area contributed by atoms with Gasteiger partial charge in [-0.15, -0.1) is 0 Å². The summed E-state index contributed by atoms with van der Waals surface area (Å²) in [5.74, 6) is 1.46. The standard InChI is InChI=1S/C12H20N4O/c1-9(2)6-8-16(3)12-10(11(13)15-17)5-4-7-14-12/h4-5,7,9,17H,6,8H2,1-3H3,(H2,13,15). The highest BCUT2D eigenvalue weighted by molar-refractivity contribution is 6.01. The van der Waals surface area contributed by atoms with Crippen LogP contribution in [-0.2, 0) is 0 Å². The summed E-state index contributed by atoms with van der Waals surface area (Å²) < 4.78 is 0. The van der Waals surface area contributed by atoms with E-state index in [9.17, 15) is 0 Å². The molecule has 0 radical (unpaired) electrons. The number of hydrogen-bond acceptors (Lipinski definition) is 4. The third kappa shape index (κ3) is 3.62. The predicted octanol–water partition coefficient (Wildman–Crippen LogP) is 1.66. The quantitative estimate of drug-likeness (QED) is 0.353. The van der Waals surface area contributed by atoms with Crippen LogP contribution in [0.15, 0.2) is 23.5 Å². The van der Waals surface area contributed by atoms with Crippen molar-refractivity contribution in [3.63, 3.8) is 0 Å². The van der Waals surface area contributed by atoms with Crippen LogP contribution in [0.25, 0.3) is 0 Å². The van der Waals surface area contributed by atoms with E-state index in [4.69, 9.17) is 10.9 Å². The smallest absolute Gasteiger partial charge is 0.173 e. The molecular weight excluding hydrogens is 216 g/mol. The van der Waals surface area contributed by atoms with Gasteiger partial charge in [0.25, 0.3) is 0 Å². The first-order chi connectivity index (χ1) is 8.06. The second-order valence-corrected chi connectivity index (χ2v) is 4.46. The Kier molecular flexibility index (Phi) is 4.75. The summed E-state index contributed by atoms with van der Waals surface area (Å²) in [5, 5.41) is 11.8. The number of anilines is 1. The van der Waals surface area contributed by atoms with Crippen LogP contribution in [0.3, 0.4) is 0 Å². The molecule has 0 atom stereocenters. The van der Waals surface area contributed by atoms with Gasteiger partial charge in [0.15, 0.2) is 5.84 Å². The number of rotatable bonds is 5. The van der Waals surface area contributed by atoms with Crippen LogP contribution in [0.5, 0.6) is 0 Å². The van der Waals surface area contributed by atoms with Gasteiger partial charge in [-0.25, -0.2) is 4.98 Å². The zero-order valence-corrected chi connectivity index (χ0v) is 10.6. The van der Waals surface area contributed by atoms with Crippen molar-refractivity contribution in [2.24, 2.45) is 16.8 Å². The molecule has 17 heavy (non-hydrogen) atoms. The maximum atomic E-state index is 8.73. The van der Waals surface area contributed by atoms with Crippen LogP contribution >= 0.6 is 0 Å². The first-order valence-electron chi connectivity index (χ1n) is 5.70. The van der Waals surface area contributed by atoms with Crippen molar-refractivity contribution >= 4 is 11.7 Å². The molecule has 0 amide bonds. The van der Waals surface area contributed by atoms with Gasteiger partial charge in [-0.1, -0.05) is 19.0 Å². The molecule has 5 nitrogen and oxygen atoms in total. The Balaban J connectivity index is 2.89. The number of pyridine rings is 1. The fourth-order valence-corrected chi connectivity index (χ4v) is 1.51. The molecule has 94 valence electrons. The Hall–Kier alpha value is -1.78. The van der Waals surface area contributed by atoms with Gasteiger partial charge in [0.2, 0.25) is 0 Å². The van der Waals surface area contributed by atoms with Crippen molar-refractivity contribution in [1.29, 1.82) is 0 Å². The Bertz CT molecular complexity index is 390. The van der Waals surface area contributed by atoms with E-state index in [-0.39, 0.29) is 5.84 Å². The van der Waals surface area contributed by atoms with Gasteiger partial charge in [0.1, 0.15) is 5.82 Å². The molecular formula is C12H20N4O. The molecule has 0 fully saturated rings. The number of aromatic nitrogens is 1. The topological polar surface area (TPSA) is 74.7 Å². The zero-order valence-electron chi connectivity index (χ0n) is 10.6. The largest absolute Gasteiger partial charge is 0.409 e. The van der Waals surface area contributed by atoms with Crippen LogP contribution in [0.4, 0.5) is 5.82 Å². The van der Waals surface area contributed by atoms with Crippen molar-refractivity contribution in [2.45, 2.75) is 20.3 Å². The van der Waals surface area contributed by atoms with Gasteiger partial charge >= 0.3 is 0 Å². The molecule has 1 rings (SSSR count). The lowest BCUT2D eigenvalue weighted by Crippen LogP contribution is -2.25. The molecule has 0 spiro atoms. The monoisotopic (exact) mass is 236 g/mol. The molecule has 0 aliphatic heterocycles. The number of amidine groups is 1. The maximum absolute atomic E-state index is 8.73. The van der Waals surface area contributed by atoms with E-state index >= 15 is 0 Å². The first-order valence-corrected chi connectivity index (χ1v) is 5.70. The molecule has 0 aliphatic carbocycles. The highest BCUT2D eigenvalue weighted by Gasteiger charge is 2.12. The molecule has 1 aromatic heterocycles. The fourth-order valence-electron chi connectivity index (χ4n) is 1.51. The molecule has 3 N–H and O–H groups in total. The van der Waals surface area contributed by atoms with Crippen molar-refractivity contribution < 1.29 is 5.21 Å². The second-order valence-electron chi connectivity index (χ2n) is 4.46. The summed E-state index contributed by atoms with van der Waals surface area (Å²) in [5.41, 5.74) is 6.28. The highest BCUT2D eigenvalue weighted by Crippen LogP contribution is 2.16. The molecule has 0 bridgehead atoms. The molecule has 0 aromatic carbocycles. The first kappa shape index (κ1) is 13.3.